The molecule has 3 rings (SSSR count). The maximum absolute atomic E-state index is 12.9. The fourth-order valence-electron chi connectivity index (χ4n) is 3.52. The van der Waals surface area contributed by atoms with Crippen LogP contribution in [-0.2, 0) is 4.79 Å². The van der Waals surface area contributed by atoms with E-state index in [1.165, 1.54) is 18.2 Å². The molecule has 164 valence electrons. The van der Waals surface area contributed by atoms with Crippen LogP contribution in [0.25, 0.3) is 0 Å². The topological polar surface area (TPSA) is 89.8 Å². The van der Waals surface area contributed by atoms with Crippen LogP contribution in [0.15, 0.2) is 78.9 Å². The first-order chi connectivity index (χ1) is 15.5. The molecule has 0 aromatic heterocycles. The maximum atomic E-state index is 12.9. The van der Waals surface area contributed by atoms with Crippen LogP contribution in [-0.4, -0.2) is 35.7 Å². The van der Waals surface area contributed by atoms with E-state index in [-0.39, 0.29) is 42.0 Å². The fraction of sp³-hybridized carbons (Fsp3) is 0.200. The van der Waals surface area contributed by atoms with Gasteiger partial charge in [-0.05, 0) is 29.7 Å². The third kappa shape index (κ3) is 5.57. The second kappa shape index (κ2) is 10.9. The lowest BCUT2D eigenvalue weighted by Crippen LogP contribution is -2.32. The van der Waals surface area contributed by atoms with Crippen LogP contribution in [0.1, 0.15) is 40.4 Å². The van der Waals surface area contributed by atoms with E-state index in [2.05, 4.69) is 0 Å². The Bertz CT molecular complexity index is 1030. The van der Waals surface area contributed by atoms with E-state index in [9.17, 15) is 19.7 Å². The van der Waals surface area contributed by atoms with E-state index in [0.29, 0.717) is 12.7 Å². The summed E-state index contributed by atoms with van der Waals surface area (Å²) in [6.07, 6.45) is 1.15. The van der Waals surface area contributed by atoms with Gasteiger partial charge >= 0.3 is 0 Å². The van der Waals surface area contributed by atoms with Crippen LogP contribution < -0.4 is 4.74 Å². The summed E-state index contributed by atoms with van der Waals surface area (Å²) < 4.78 is 5.57. The molecular weight excluding hydrogens is 408 g/mol. The summed E-state index contributed by atoms with van der Waals surface area (Å²) in [7, 11) is 1.79. The SMILES string of the molecule is CN(C(=O)CCCOc1ccc(C=O)c([N+](=O)[O-])c1)C(c1ccccc1)c1ccccc1. The number of nitro benzene ring substituents is 1. The van der Waals surface area contributed by atoms with Crippen molar-refractivity contribution >= 4 is 17.9 Å². The Morgan fingerprint density at radius 3 is 2.16 bits per heavy atom. The van der Waals surface area contributed by atoms with Gasteiger partial charge in [-0.1, -0.05) is 60.7 Å². The van der Waals surface area contributed by atoms with Crippen LogP contribution in [0.5, 0.6) is 5.75 Å². The van der Waals surface area contributed by atoms with Gasteiger partial charge in [0.2, 0.25) is 5.91 Å². The number of carbonyl (C=O) groups excluding carboxylic acids is 2. The van der Waals surface area contributed by atoms with Crippen LogP contribution in [0, 0.1) is 10.1 Å². The minimum absolute atomic E-state index is 0.00739. The van der Waals surface area contributed by atoms with Crippen molar-refractivity contribution in [3.05, 3.63) is 106 Å². The quantitative estimate of drug-likeness (QED) is 0.198. The Morgan fingerprint density at radius 1 is 1.03 bits per heavy atom. The lowest BCUT2D eigenvalue weighted by Gasteiger charge is -2.29. The summed E-state index contributed by atoms with van der Waals surface area (Å²) in [5.41, 5.74) is 1.73. The largest absolute Gasteiger partial charge is 0.493 e. The van der Waals surface area contributed by atoms with Gasteiger partial charge in [0.15, 0.2) is 6.29 Å². The number of hydrogen-bond acceptors (Lipinski definition) is 5. The smallest absolute Gasteiger partial charge is 0.283 e. The molecule has 3 aromatic rings. The predicted octanol–water partition coefficient (Wildman–Crippen LogP) is 4.81. The van der Waals surface area contributed by atoms with E-state index < -0.39 is 4.92 Å². The lowest BCUT2D eigenvalue weighted by atomic mass is 9.97. The summed E-state index contributed by atoms with van der Waals surface area (Å²) in [5, 5.41) is 11.1. The molecule has 0 fully saturated rings. The number of aldehydes is 1. The summed E-state index contributed by atoms with van der Waals surface area (Å²) in [6.45, 7) is 0.221. The number of ether oxygens (including phenoxy) is 1. The molecule has 0 unspecified atom stereocenters. The first kappa shape index (κ1) is 22.7. The van der Waals surface area contributed by atoms with Gasteiger partial charge in [0.05, 0.1) is 29.2 Å². The molecule has 0 radical (unpaired) electrons. The molecule has 3 aromatic carbocycles. The third-order valence-corrected chi connectivity index (χ3v) is 5.14. The van der Waals surface area contributed by atoms with E-state index in [1.54, 1.807) is 11.9 Å². The molecular formula is C25H24N2O5. The van der Waals surface area contributed by atoms with Gasteiger partial charge < -0.3 is 9.64 Å². The van der Waals surface area contributed by atoms with Crippen molar-refractivity contribution in [2.24, 2.45) is 0 Å². The highest BCUT2D eigenvalue weighted by molar-refractivity contribution is 5.81. The fourth-order valence-corrected chi connectivity index (χ4v) is 3.52. The van der Waals surface area contributed by atoms with E-state index in [1.807, 2.05) is 60.7 Å². The molecule has 0 N–H and O–H groups in total. The van der Waals surface area contributed by atoms with Crippen LogP contribution in [0.2, 0.25) is 0 Å². The predicted molar refractivity (Wildman–Crippen MR) is 121 cm³/mol. The summed E-state index contributed by atoms with van der Waals surface area (Å²) in [6, 6.07) is 23.6. The van der Waals surface area contributed by atoms with E-state index >= 15 is 0 Å². The van der Waals surface area contributed by atoms with Crippen molar-refractivity contribution in [2.45, 2.75) is 18.9 Å². The van der Waals surface area contributed by atoms with Crippen molar-refractivity contribution in [2.75, 3.05) is 13.7 Å². The second-order valence-corrected chi connectivity index (χ2v) is 7.28. The second-order valence-electron chi connectivity index (χ2n) is 7.28. The highest BCUT2D eigenvalue weighted by atomic mass is 16.6. The zero-order valence-corrected chi connectivity index (χ0v) is 17.7. The number of benzene rings is 3. The van der Waals surface area contributed by atoms with Gasteiger partial charge in [-0.2, -0.15) is 0 Å². The average Bonchev–Trinajstić information content (AvgIpc) is 2.83. The molecule has 0 heterocycles. The normalized spacial score (nSPS) is 10.6. The molecule has 0 aliphatic carbocycles. The number of nitrogens with zero attached hydrogens (tertiary/aromatic N) is 2. The number of amides is 1. The molecule has 32 heavy (non-hydrogen) atoms. The number of hydrogen-bond donors (Lipinski definition) is 0. The molecule has 0 saturated carbocycles. The molecule has 0 saturated heterocycles. The molecule has 1 amide bonds. The molecule has 0 bridgehead atoms. The zero-order valence-electron chi connectivity index (χ0n) is 17.7. The Kier molecular flexibility index (Phi) is 7.70. The van der Waals surface area contributed by atoms with E-state index in [0.717, 1.165) is 11.1 Å². The van der Waals surface area contributed by atoms with Crippen LogP contribution in [0.4, 0.5) is 5.69 Å². The molecule has 0 aliphatic rings. The van der Waals surface area contributed by atoms with Gasteiger partial charge in [0.1, 0.15) is 5.75 Å². The Labute approximate surface area is 186 Å². The molecule has 0 spiro atoms. The average molecular weight is 432 g/mol. The van der Waals surface area contributed by atoms with Gasteiger partial charge in [-0.3, -0.25) is 19.7 Å². The molecule has 0 atom stereocenters. The summed E-state index contributed by atoms with van der Waals surface area (Å²) in [4.78, 5) is 36.0. The highest BCUT2D eigenvalue weighted by Crippen LogP contribution is 2.28. The maximum Gasteiger partial charge on any atom is 0.283 e. The number of carbonyl (C=O) groups is 2. The highest BCUT2D eigenvalue weighted by Gasteiger charge is 2.23. The zero-order chi connectivity index (χ0) is 22.9. The van der Waals surface area contributed by atoms with Gasteiger partial charge in [0, 0.05) is 13.5 Å². The molecule has 7 nitrogen and oxygen atoms in total. The minimum Gasteiger partial charge on any atom is -0.493 e. The molecule has 7 heteroatoms. The number of nitro groups is 1. The van der Waals surface area contributed by atoms with Crippen LogP contribution in [0.3, 0.4) is 0 Å². The first-order valence-corrected chi connectivity index (χ1v) is 10.2. The van der Waals surface area contributed by atoms with Crippen molar-refractivity contribution in [3.8, 4) is 5.75 Å². The van der Waals surface area contributed by atoms with E-state index in [4.69, 9.17) is 4.74 Å². The van der Waals surface area contributed by atoms with Gasteiger partial charge in [-0.25, -0.2) is 0 Å². The number of rotatable bonds is 10. The summed E-state index contributed by atoms with van der Waals surface area (Å²) >= 11 is 0. The summed E-state index contributed by atoms with van der Waals surface area (Å²) in [5.74, 6) is 0.253. The van der Waals surface area contributed by atoms with Crippen molar-refractivity contribution < 1.29 is 19.2 Å². The standard InChI is InChI=1S/C25H24N2O5/c1-26(25(19-9-4-2-5-10-19)20-11-6-3-7-12-20)24(29)13-8-16-32-22-15-14-21(18-28)23(17-22)27(30)31/h2-7,9-12,14-15,17-18,25H,8,13,16H2,1H3. The van der Waals surface area contributed by atoms with Crippen molar-refractivity contribution in [1.29, 1.82) is 0 Å². The van der Waals surface area contributed by atoms with Gasteiger partial charge in [-0.15, -0.1) is 0 Å². The van der Waals surface area contributed by atoms with Crippen molar-refractivity contribution in [1.82, 2.24) is 4.90 Å². The van der Waals surface area contributed by atoms with Crippen molar-refractivity contribution in [3.63, 3.8) is 0 Å². The Morgan fingerprint density at radius 2 is 1.62 bits per heavy atom. The monoisotopic (exact) mass is 432 g/mol. The third-order valence-electron chi connectivity index (χ3n) is 5.14. The van der Waals surface area contributed by atoms with Crippen LogP contribution >= 0.6 is 0 Å². The minimum atomic E-state index is -0.623. The molecule has 0 aliphatic heterocycles. The Balaban J connectivity index is 1.62. The Hall–Kier alpha value is -4.00. The first-order valence-electron chi connectivity index (χ1n) is 10.2. The van der Waals surface area contributed by atoms with Gasteiger partial charge in [0.25, 0.3) is 5.69 Å². The lowest BCUT2D eigenvalue weighted by molar-refractivity contribution is -0.385.